The molecular weight excluding hydrogens is 376 g/mol. The van der Waals surface area contributed by atoms with Gasteiger partial charge in [0.2, 0.25) is 0 Å². The van der Waals surface area contributed by atoms with Crippen molar-refractivity contribution in [3.8, 4) is 0 Å². The average molecular weight is 396 g/mol. The van der Waals surface area contributed by atoms with Crippen LogP contribution in [-0.2, 0) is 39.4 Å². The summed E-state index contributed by atoms with van der Waals surface area (Å²) in [5.74, 6) is 0. The van der Waals surface area contributed by atoms with Gasteiger partial charge in [0.25, 0.3) is 0 Å². The molecule has 2 aliphatic heterocycles. The summed E-state index contributed by atoms with van der Waals surface area (Å²) in [6.07, 6.45) is 2.90. The van der Waals surface area contributed by atoms with Crippen LogP contribution >= 0.6 is 0 Å². The zero-order valence-electron chi connectivity index (χ0n) is 14.2. The predicted octanol–water partition coefficient (Wildman–Crippen LogP) is 4.17. The van der Waals surface area contributed by atoms with Gasteiger partial charge in [0, 0.05) is 12.2 Å². The number of rotatable bonds is 2. The van der Waals surface area contributed by atoms with E-state index >= 15 is 0 Å². The van der Waals surface area contributed by atoms with E-state index in [9.17, 15) is 0 Å². The van der Waals surface area contributed by atoms with E-state index in [0.29, 0.717) is 0 Å². The molecule has 2 fully saturated rings. The predicted molar refractivity (Wildman–Crippen MR) is 94.4 cm³/mol. The van der Waals surface area contributed by atoms with Crippen LogP contribution in [0.15, 0.2) is 48.5 Å². The van der Waals surface area contributed by atoms with Crippen LogP contribution in [0.25, 0.3) is 10.6 Å². The van der Waals surface area contributed by atoms with Gasteiger partial charge in [0.05, 0.1) is 0 Å². The molecule has 0 N–H and O–H groups in total. The molecule has 6 rings (SSSR count). The maximum absolute atomic E-state index is 6.21. The average Bonchev–Trinajstić information content (AvgIpc) is 3.33. The van der Waals surface area contributed by atoms with Gasteiger partial charge in [-0.2, -0.15) is 0 Å². The summed E-state index contributed by atoms with van der Waals surface area (Å²) in [5, 5.41) is 9.86. The summed E-state index contributed by atoms with van der Waals surface area (Å²) in [6, 6.07) is 17.5. The molecule has 2 heterocycles. The Balaban J connectivity index is 0.00000150. The minimum Gasteiger partial charge on any atom is -0.628 e. The minimum absolute atomic E-state index is 0. The van der Waals surface area contributed by atoms with Gasteiger partial charge >= 0.3 is 17.1 Å². The molecule has 1 radical (unpaired) electrons. The molecule has 5 heteroatoms. The smallest absolute Gasteiger partial charge is 0.628 e. The summed E-state index contributed by atoms with van der Waals surface area (Å²) in [4.78, 5) is 0. The second-order valence-electron chi connectivity index (χ2n) is 7.49. The van der Waals surface area contributed by atoms with Crippen molar-refractivity contribution in [2.24, 2.45) is 0 Å². The molecule has 2 unspecified atom stereocenters. The summed E-state index contributed by atoms with van der Waals surface area (Å²) >= 11 is 0. The van der Waals surface area contributed by atoms with E-state index in [0.717, 1.165) is 19.3 Å². The Hall–Kier alpha value is -1.20. The first-order valence-corrected chi connectivity index (χ1v) is 9.21. The molecule has 2 aromatic carbocycles. The molecule has 2 aromatic rings. The van der Waals surface area contributed by atoms with Crippen LogP contribution in [0.5, 0.6) is 0 Å². The van der Waals surface area contributed by atoms with Crippen LogP contribution in [0.2, 0.25) is 0 Å². The van der Waals surface area contributed by atoms with Crippen molar-refractivity contribution < 1.29 is 26.5 Å². The standard InChI is InChI=1S/C21H20N2O2.Cu/c1-3-7-14-12(5-1)9-16-20(14)22-18(24-16)11-19-23-21-15-8-4-2-6-13(15)10-17(21)25-19;/h1-8,16-21H,9-11H2;/q-2;+2/t16-,17-,18?,19?,20+,21+;/m0./s1. The third kappa shape index (κ3) is 2.58. The Kier molecular flexibility index (Phi) is 4.20. The van der Waals surface area contributed by atoms with Crippen molar-refractivity contribution in [2.75, 3.05) is 0 Å². The van der Waals surface area contributed by atoms with E-state index in [2.05, 4.69) is 48.5 Å². The second kappa shape index (κ2) is 6.45. The van der Waals surface area contributed by atoms with Crippen LogP contribution in [0.1, 0.15) is 40.8 Å². The topological polar surface area (TPSA) is 46.7 Å². The summed E-state index contributed by atoms with van der Waals surface area (Å²) < 4.78 is 12.4. The van der Waals surface area contributed by atoms with Crippen molar-refractivity contribution >= 4 is 0 Å². The minimum atomic E-state index is -0.0915. The number of nitrogens with zero attached hydrogens (tertiary/aromatic N) is 2. The molecule has 0 aromatic heterocycles. The summed E-state index contributed by atoms with van der Waals surface area (Å²) in [7, 11) is 0. The van der Waals surface area contributed by atoms with E-state index in [4.69, 9.17) is 20.1 Å². The number of benzene rings is 2. The number of hydrogen-bond donors (Lipinski definition) is 0. The molecule has 6 atom stereocenters. The van der Waals surface area contributed by atoms with Crippen molar-refractivity contribution in [2.45, 2.75) is 56.0 Å². The molecule has 0 amide bonds. The monoisotopic (exact) mass is 395 g/mol. The van der Waals surface area contributed by atoms with Crippen molar-refractivity contribution in [1.82, 2.24) is 0 Å². The largest absolute Gasteiger partial charge is 2.00 e. The molecule has 2 aliphatic carbocycles. The fourth-order valence-electron chi connectivity index (χ4n) is 4.91. The van der Waals surface area contributed by atoms with E-state index in [1.165, 1.54) is 22.3 Å². The van der Waals surface area contributed by atoms with Crippen LogP contribution < -0.4 is 0 Å². The maximum Gasteiger partial charge on any atom is 2.00 e. The molecular formula is C21H20CuN2O2. The fourth-order valence-corrected chi connectivity index (χ4v) is 4.91. The Labute approximate surface area is 164 Å². The summed E-state index contributed by atoms with van der Waals surface area (Å²) in [5.41, 5.74) is 5.44. The molecule has 137 valence electrons. The quantitative estimate of drug-likeness (QED) is 0.716. The molecule has 26 heavy (non-hydrogen) atoms. The number of fused-ring (bicyclic) bond motifs is 6. The van der Waals surface area contributed by atoms with Gasteiger partial charge in [0.1, 0.15) is 0 Å². The van der Waals surface area contributed by atoms with Gasteiger partial charge in [0.15, 0.2) is 0 Å². The normalized spacial score (nSPS) is 36.2. The molecule has 4 nitrogen and oxygen atoms in total. The first kappa shape index (κ1) is 16.9. The zero-order chi connectivity index (χ0) is 16.4. The van der Waals surface area contributed by atoms with Gasteiger partial charge in [-0.3, -0.25) is 0 Å². The van der Waals surface area contributed by atoms with Gasteiger partial charge in [-0.1, -0.05) is 71.7 Å². The molecule has 0 bridgehead atoms. The van der Waals surface area contributed by atoms with Crippen molar-refractivity contribution in [1.29, 1.82) is 0 Å². The van der Waals surface area contributed by atoms with Gasteiger partial charge in [-0.15, -0.1) is 0 Å². The third-order valence-corrected chi connectivity index (χ3v) is 6.01. The number of hydrogen-bond acceptors (Lipinski definition) is 2. The van der Waals surface area contributed by atoms with Crippen molar-refractivity contribution in [3.63, 3.8) is 0 Å². The van der Waals surface area contributed by atoms with E-state index in [-0.39, 0.29) is 53.8 Å². The van der Waals surface area contributed by atoms with Gasteiger partial charge in [-0.05, 0) is 42.8 Å². The Morgan fingerprint density at radius 1 is 0.731 bits per heavy atom. The Morgan fingerprint density at radius 2 is 1.19 bits per heavy atom. The van der Waals surface area contributed by atoms with E-state index < -0.39 is 0 Å². The van der Waals surface area contributed by atoms with E-state index in [1.54, 1.807) is 0 Å². The van der Waals surface area contributed by atoms with Crippen LogP contribution in [0, 0.1) is 0 Å². The van der Waals surface area contributed by atoms with E-state index in [1.807, 2.05) is 0 Å². The molecule has 4 aliphatic rings. The molecule has 0 spiro atoms. The van der Waals surface area contributed by atoms with Gasteiger partial charge < -0.3 is 20.1 Å². The molecule has 0 saturated carbocycles. The van der Waals surface area contributed by atoms with Crippen molar-refractivity contribution in [3.05, 3.63) is 81.4 Å². The Morgan fingerprint density at radius 3 is 1.69 bits per heavy atom. The van der Waals surface area contributed by atoms with Crippen LogP contribution in [0.3, 0.4) is 0 Å². The third-order valence-electron chi connectivity index (χ3n) is 6.01. The number of ether oxygens (including phenoxy) is 2. The maximum atomic E-state index is 6.21. The Bertz CT molecular complexity index is 762. The SMILES string of the molecule is [Cu+2].c1ccc2c(c1)C[C@@H]1OC(CC3[N-][C@@H]4c5ccccc5C[C@@H]4O3)[N-][C@H]21. The van der Waals surface area contributed by atoms with Crippen LogP contribution in [0.4, 0.5) is 0 Å². The van der Waals surface area contributed by atoms with Crippen LogP contribution in [-0.4, -0.2) is 24.7 Å². The van der Waals surface area contributed by atoms with Gasteiger partial charge in [-0.25, -0.2) is 0 Å². The zero-order valence-corrected chi connectivity index (χ0v) is 15.2. The molecule has 2 saturated heterocycles. The summed E-state index contributed by atoms with van der Waals surface area (Å²) in [6.45, 7) is 0. The second-order valence-corrected chi connectivity index (χ2v) is 7.49. The fraction of sp³-hybridized carbons (Fsp3) is 0.429. The first-order valence-electron chi connectivity index (χ1n) is 9.21. The first-order chi connectivity index (χ1) is 12.3.